The van der Waals surface area contributed by atoms with Crippen molar-refractivity contribution in [1.29, 1.82) is 0 Å². The minimum Gasteiger partial charge on any atom is -0.458 e. The molecule has 0 N–H and O–H groups in total. The van der Waals surface area contributed by atoms with E-state index in [1.807, 2.05) is 0 Å². The highest BCUT2D eigenvalue weighted by Crippen LogP contribution is 1.91. The summed E-state index contributed by atoms with van der Waals surface area (Å²) in [6.45, 7) is 10.5. The van der Waals surface area contributed by atoms with Crippen LogP contribution in [-0.2, 0) is 9.53 Å². The molecule has 0 heterocycles. The van der Waals surface area contributed by atoms with Gasteiger partial charge >= 0.3 is 5.97 Å². The molecule has 2 radical (unpaired) electrons. The summed E-state index contributed by atoms with van der Waals surface area (Å²) < 4.78 is 4.72. The molecular weight excluding hydrogens is 140 g/mol. The fourth-order valence-corrected chi connectivity index (χ4v) is 0.411. The maximum Gasteiger partial charge on any atom is 0.333 e. The molecular formula is C9H12O2. The van der Waals surface area contributed by atoms with Crippen molar-refractivity contribution < 1.29 is 9.53 Å². The monoisotopic (exact) mass is 152 g/mol. The van der Waals surface area contributed by atoms with Crippen LogP contribution in [0.25, 0.3) is 0 Å². The lowest BCUT2D eigenvalue weighted by Crippen LogP contribution is -2.04. The summed E-state index contributed by atoms with van der Waals surface area (Å²) in [7, 11) is 0. The molecule has 11 heavy (non-hydrogen) atoms. The van der Waals surface area contributed by atoms with E-state index in [1.54, 1.807) is 19.1 Å². The Balaban J connectivity index is 3.47. The van der Waals surface area contributed by atoms with Gasteiger partial charge in [0.05, 0.1) is 0 Å². The third-order valence-electron chi connectivity index (χ3n) is 0.962. The van der Waals surface area contributed by atoms with Crippen LogP contribution in [0.3, 0.4) is 0 Å². The Labute approximate surface area is 67.6 Å². The molecule has 0 aromatic rings. The second-order valence-electron chi connectivity index (χ2n) is 2.09. The highest BCUT2D eigenvalue weighted by atomic mass is 16.5. The molecule has 60 valence electrons. The molecule has 0 rings (SSSR count). The zero-order chi connectivity index (χ0) is 8.69. The van der Waals surface area contributed by atoms with Crippen molar-refractivity contribution >= 4 is 5.97 Å². The number of ether oxygens (including phenoxy) is 1. The Morgan fingerprint density at radius 3 is 2.73 bits per heavy atom. The quantitative estimate of drug-likeness (QED) is 0.348. The minimum atomic E-state index is -0.369. The third-order valence-corrected chi connectivity index (χ3v) is 0.962. The largest absolute Gasteiger partial charge is 0.458 e. The van der Waals surface area contributed by atoms with Gasteiger partial charge in [-0.3, -0.25) is 0 Å². The number of carbonyl (C=O) groups is 1. The van der Waals surface area contributed by atoms with Crippen LogP contribution in [0.4, 0.5) is 0 Å². The van der Waals surface area contributed by atoms with Crippen molar-refractivity contribution in [3.63, 3.8) is 0 Å². The average molecular weight is 152 g/mol. The maximum absolute atomic E-state index is 10.7. The molecule has 0 atom stereocenters. The SMILES string of the molecule is [CH]CC=CCOC(=O)C(=C)C. The van der Waals surface area contributed by atoms with Gasteiger partial charge in [0.25, 0.3) is 0 Å². The van der Waals surface area contributed by atoms with E-state index >= 15 is 0 Å². The highest BCUT2D eigenvalue weighted by Gasteiger charge is 1.99. The van der Waals surface area contributed by atoms with E-state index in [2.05, 4.69) is 6.58 Å². The smallest absolute Gasteiger partial charge is 0.333 e. The molecule has 0 amide bonds. The molecule has 0 aromatic carbocycles. The molecule has 0 spiro atoms. The van der Waals surface area contributed by atoms with Crippen LogP contribution in [0.5, 0.6) is 0 Å². The van der Waals surface area contributed by atoms with Crippen LogP contribution in [0.2, 0.25) is 0 Å². The molecule has 0 unspecified atom stereocenters. The van der Waals surface area contributed by atoms with Crippen molar-refractivity contribution in [3.05, 3.63) is 31.2 Å². The summed E-state index contributed by atoms with van der Waals surface area (Å²) in [6, 6.07) is 0. The maximum atomic E-state index is 10.7. The van der Waals surface area contributed by atoms with Gasteiger partial charge in [-0.15, -0.1) is 0 Å². The van der Waals surface area contributed by atoms with Crippen molar-refractivity contribution in [3.8, 4) is 0 Å². The van der Waals surface area contributed by atoms with E-state index in [-0.39, 0.29) is 12.6 Å². The molecule has 0 aliphatic heterocycles. The van der Waals surface area contributed by atoms with Crippen molar-refractivity contribution in [2.45, 2.75) is 13.3 Å². The van der Waals surface area contributed by atoms with Gasteiger partial charge in [-0.05, 0) is 20.3 Å². The van der Waals surface area contributed by atoms with Gasteiger partial charge in [-0.1, -0.05) is 18.7 Å². The second-order valence-corrected chi connectivity index (χ2v) is 2.09. The molecule has 0 fully saturated rings. The third kappa shape index (κ3) is 5.40. The Hall–Kier alpha value is -1.05. The number of esters is 1. The number of carbonyl (C=O) groups excluding carboxylic acids is 1. The van der Waals surface area contributed by atoms with E-state index in [9.17, 15) is 4.79 Å². The van der Waals surface area contributed by atoms with Crippen LogP contribution in [0.15, 0.2) is 24.3 Å². The van der Waals surface area contributed by atoms with Crippen molar-refractivity contribution in [2.24, 2.45) is 0 Å². The molecule has 0 aliphatic carbocycles. The average Bonchev–Trinajstić information content (AvgIpc) is 1.97. The molecule has 0 saturated carbocycles. The number of hydrogen-bond donors (Lipinski definition) is 0. The van der Waals surface area contributed by atoms with Crippen molar-refractivity contribution in [2.75, 3.05) is 6.61 Å². The van der Waals surface area contributed by atoms with E-state index in [0.29, 0.717) is 12.0 Å². The first-order chi connectivity index (χ1) is 5.18. The van der Waals surface area contributed by atoms with Crippen LogP contribution < -0.4 is 0 Å². The van der Waals surface area contributed by atoms with Gasteiger partial charge in [0.1, 0.15) is 6.61 Å². The fourth-order valence-electron chi connectivity index (χ4n) is 0.411. The second kappa shape index (κ2) is 5.71. The van der Waals surface area contributed by atoms with Gasteiger partial charge in [0.15, 0.2) is 0 Å². The Kier molecular flexibility index (Phi) is 5.17. The fraction of sp³-hybridized carbons (Fsp3) is 0.333. The van der Waals surface area contributed by atoms with E-state index < -0.39 is 0 Å². The summed E-state index contributed by atoms with van der Waals surface area (Å²) in [6.07, 6.45) is 3.89. The lowest BCUT2D eigenvalue weighted by atomic mass is 10.4. The van der Waals surface area contributed by atoms with Gasteiger partial charge in [-0.2, -0.15) is 0 Å². The molecule has 0 aliphatic rings. The van der Waals surface area contributed by atoms with Crippen LogP contribution >= 0.6 is 0 Å². The lowest BCUT2D eigenvalue weighted by molar-refractivity contribution is -0.137. The first-order valence-corrected chi connectivity index (χ1v) is 3.36. The van der Waals surface area contributed by atoms with Gasteiger partial charge in [0.2, 0.25) is 0 Å². The standard InChI is InChI=1S/C9H12O2/c1-4-5-6-7-11-9(10)8(2)3/h1,5-6H,2,4,7H2,3H3. The molecule has 0 aromatic heterocycles. The summed E-state index contributed by atoms with van der Waals surface area (Å²) in [5, 5.41) is 0. The molecule has 0 saturated heterocycles. The van der Waals surface area contributed by atoms with Gasteiger partial charge < -0.3 is 4.74 Å². The van der Waals surface area contributed by atoms with Crippen LogP contribution in [0, 0.1) is 6.92 Å². The Morgan fingerprint density at radius 2 is 2.27 bits per heavy atom. The predicted molar refractivity (Wildman–Crippen MR) is 43.8 cm³/mol. The molecule has 2 nitrogen and oxygen atoms in total. The molecule has 0 bridgehead atoms. The number of allylic oxidation sites excluding steroid dienone is 1. The predicted octanol–water partition coefficient (Wildman–Crippen LogP) is 1.76. The highest BCUT2D eigenvalue weighted by molar-refractivity contribution is 5.86. The summed E-state index contributed by atoms with van der Waals surface area (Å²) in [5.74, 6) is -0.369. The summed E-state index contributed by atoms with van der Waals surface area (Å²) in [5.41, 5.74) is 0.408. The summed E-state index contributed by atoms with van der Waals surface area (Å²) in [4.78, 5) is 10.7. The Bertz CT molecular complexity index is 168. The van der Waals surface area contributed by atoms with E-state index in [1.165, 1.54) is 0 Å². The Morgan fingerprint density at radius 1 is 1.64 bits per heavy atom. The van der Waals surface area contributed by atoms with Crippen molar-refractivity contribution in [1.82, 2.24) is 0 Å². The number of hydrogen-bond acceptors (Lipinski definition) is 2. The summed E-state index contributed by atoms with van der Waals surface area (Å²) >= 11 is 0. The van der Waals surface area contributed by atoms with Crippen LogP contribution in [0.1, 0.15) is 13.3 Å². The molecule has 2 heteroatoms. The zero-order valence-electron chi connectivity index (χ0n) is 6.67. The minimum absolute atomic E-state index is 0.267. The van der Waals surface area contributed by atoms with E-state index in [4.69, 9.17) is 11.7 Å². The normalized spacial score (nSPS) is 10.0. The number of rotatable bonds is 4. The van der Waals surface area contributed by atoms with Crippen LogP contribution in [-0.4, -0.2) is 12.6 Å². The first-order valence-electron chi connectivity index (χ1n) is 3.36. The van der Waals surface area contributed by atoms with E-state index in [0.717, 1.165) is 0 Å². The lowest BCUT2D eigenvalue weighted by Gasteiger charge is -1.98. The topological polar surface area (TPSA) is 26.3 Å². The first kappa shape index (κ1) is 9.95. The zero-order valence-corrected chi connectivity index (χ0v) is 6.67. The van der Waals surface area contributed by atoms with Gasteiger partial charge in [-0.25, -0.2) is 4.79 Å². The van der Waals surface area contributed by atoms with Gasteiger partial charge in [0, 0.05) is 5.57 Å².